The van der Waals surface area contributed by atoms with Gasteiger partial charge in [0, 0.05) is 34.6 Å². The van der Waals surface area contributed by atoms with E-state index in [9.17, 15) is 131 Å². The van der Waals surface area contributed by atoms with Crippen molar-refractivity contribution in [3.05, 3.63) is 0 Å². The fourth-order valence-corrected chi connectivity index (χ4v) is 13.3. The van der Waals surface area contributed by atoms with Gasteiger partial charge in [-0.15, -0.1) is 0 Å². The van der Waals surface area contributed by atoms with Crippen molar-refractivity contribution in [2.24, 2.45) is 0 Å². The number of ether oxygens (including phenoxy) is 15. The van der Waals surface area contributed by atoms with Gasteiger partial charge < -0.3 is 205 Å². The molecule has 0 aromatic rings. The molecule has 46 heteroatoms. The third-order valence-electron chi connectivity index (χ3n) is 18.6. The first-order valence-corrected chi connectivity index (χ1v) is 33.1. The fraction of sp³-hybridized carbons (Fsp3) is 0.914. The smallest absolute Gasteiger partial charge is 0.217 e. The number of rotatable bonds is 27. The van der Waals surface area contributed by atoms with E-state index in [1.165, 1.54) is 0 Å². The van der Waals surface area contributed by atoms with Gasteiger partial charge in [-0.2, -0.15) is 0 Å². The van der Waals surface area contributed by atoms with E-state index in [0.717, 1.165) is 34.6 Å². The van der Waals surface area contributed by atoms with Crippen molar-refractivity contribution in [1.82, 2.24) is 26.6 Å². The van der Waals surface area contributed by atoms with Gasteiger partial charge >= 0.3 is 0 Å². The summed E-state index contributed by atoms with van der Waals surface area (Å²) in [5, 5.41) is 246. The average molecular weight is 1520 g/mol. The lowest BCUT2D eigenvalue weighted by Gasteiger charge is -2.51. The lowest BCUT2D eigenvalue weighted by atomic mass is 9.93. The second-order valence-corrected chi connectivity index (χ2v) is 26.1. The van der Waals surface area contributed by atoms with Crippen LogP contribution >= 0.6 is 0 Å². The van der Waals surface area contributed by atoms with Crippen LogP contribution in [0.5, 0.6) is 0 Å². The predicted molar refractivity (Wildman–Crippen MR) is 322 cm³/mol. The van der Waals surface area contributed by atoms with E-state index in [1.54, 1.807) is 0 Å². The number of aliphatic hydroxyl groups excluding tert-OH is 21. The summed E-state index contributed by atoms with van der Waals surface area (Å²) in [5.74, 6) is -4.21. The standard InChI is InChI=1S/C58H97N5O41/c1-14(70)59-27-41(84)46(23(10-68)92-51(27)89)100-55-31(63-18(5)74)42(85)47(24(11-69)97-55)101-56-45(88)48(102-58-50(43(86)35(78)22(9-67)96-58)104-54-30(62-17(4)73)40(83)34(77)21(8-66)95-54)37(80)26(98-56)13-91-57-49(103-53-29(61-16(3)72)39(82)33(76)20(7-65)94-53)44(87)36(79)25(99-57)12-90-52-28(60-15(2)71)38(81)32(75)19(6-64)93-52/h19-58,64-69,75-89H,6-13H2,1-5H3,(H,59,70)(H,60,71)(H,61,72)(H,62,73)(H,63,74)/t19-,20-,21-,22-,23-,24-,25-,26-,27-,28-,29-,30-,31-,32-,33-,34-,35-,36-,37-,38-,39-,40-,41-,42-,43+,44+,45+,46-,47-,48+,49+,50+,51?,52-,53+,54+,55+,56+,57+,58-/m1/s1. The molecule has 0 radical (unpaired) electrons. The van der Waals surface area contributed by atoms with Gasteiger partial charge in [-0.05, 0) is 0 Å². The summed E-state index contributed by atoms with van der Waals surface area (Å²) in [6.07, 6.45) is -71.6. The molecular weight excluding hydrogens is 1420 g/mol. The molecule has 600 valence electrons. The van der Waals surface area contributed by atoms with Crippen LogP contribution in [0.3, 0.4) is 0 Å². The minimum Gasteiger partial charge on any atom is -0.394 e. The molecule has 104 heavy (non-hydrogen) atoms. The summed E-state index contributed by atoms with van der Waals surface area (Å²) >= 11 is 0. The molecule has 0 bridgehead atoms. The van der Waals surface area contributed by atoms with E-state index in [0.29, 0.717) is 0 Å². The fourth-order valence-electron chi connectivity index (χ4n) is 13.3. The highest BCUT2D eigenvalue weighted by Gasteiger charge is 2.60. The average Bonchev–Trinajstić information content (AvgIpc) is 0.771. The number of carbonyl (C=O) groups excluding carboxylic acids is 5. The molecule has 8 aliphatic heterocycles. The maximum absolute atomic E-state index is 13.0. The molecule has 46 nitrogen and oxygen atoms in total. The largest absolute Gasteiger partial charge is 0.394 e. The van der Waals surface area contributed by atoms with Crippen LogP contribution in [0.25, 0.3) is 0 Å². The Hall–Kier alpha value is -4.09. The number of hydrogen-bond donors (Lipinski definition) is 26. The molecule has 1 unspecified atom stereocenters. The Morgan fingerprint density at radius 1 is 0.250 bits per heavy atom. The lowest BCUT2D eigenvalue weighted by Crippen LogP contribution is -2.70. The Morgan fingerprint density at radius 3 is 0.942 bits per heavy atom. The predicted octanol–water partition coefficient (Wildman–Crippen LogP) is -17.7. The highest BCUT2D eigenvalue weighted by atomic mass is 16.8. The molecule has 26 N–H and O–H groups in total. The second kappa shape index (κ2) is 37.5. The minimum absolute atomic E-state index is 0.775. The number of carbonyl (C=O) groups is 5. The molecular formula is C58H97N5O41. The summed E-state index contributed by atoms with van der Waals surface area (Å²) in [4.78, 5) is 62.4. The van der Waals surface area contributed by atoms with Crippen molar-refractivity contribution in [3.8, 4) is 0 Å². The maximum Gasteiger partial charge on any atom is 0.217 e. The number of aliphatic hydroxyl groups is 21. The van der Waals surface area contributed by atoms with Crippen LogP contribution < -0.4 is 26.6 Å². The molecule has 40 atom stereocenters. The minimum atomic E-state index is -2.53. The van der Waals surface area contributed by atoms with Crippen LogP contribution in [-0.2, 0) is 95.0 Å². The molecule has 0 aliphatic carbocycles. The zero-order valence-electron chi connectivity index (χ0n) is 56.3. The quantitative estimate of drug-likeness (QED) is 0.0363. The van der Waals surface area contributed by atoms with E-state index >= 15 is 0 Å². The van der Waals surface area contributed by atoms with Crippen molar-refractivity contribution in [2.45, 2.75) is 280 Å². The number of nitrogens with one attached hydrogen (secondary N) is 5. The molecule has 0 saturated carbocycles. The van der Waals surface area contributed by atoms with Crippen LogP contribution in [0.15, 0.2) is 0 Å². The lowest BCUT2D eigenvalue weighted by molar-refractivity contribution is -0.396. The van der Waals surface area contributed by atoms with E-state index in [1.807, 2.05) is 0 Å². The Labute approximate surface area is 589 Å². The first-order chi connectivity index (χ1) is 49.1. The highest BCUT2D eigenvalue weighted by molar-refractivity contribution is 5.75. The zero-order valence-corrected chi connectivity index (χ0v) is 56.3. The summed E-state index contributed by atoms with van der Waals surface area (Å²) in [6.45, 7) is -3.40. The molecule has 8 rings (SSSR count). The first kappa shape index (κ1) is 85.5. The Kier molecular flexibility index (Phi) is 30.9. The Bertz CT molecular complexity index is 2770. The van der Waals surface area contributed by atoms with E-state index in [4.69, 9.17) is 71.1 Å². The molecule has 8 fully saturated rings. The van der Waals surface area contributed by atoms with Gasteiger partial charge in [0.05, 0.1) is 52.9 Å². The van der Waals surface area contributed by atoms with Crippen molar-refractivity contribution >= 4 is 29.5 Å². The molecule has 0 aromatic heterocycles. The first-order valence-electron chi connectivity index (χ1n) is 33.1. The maximum atomic E-state index is 13.0. The monoisotopic (exact) mass is 1520 g/mol. The van der Waals surface area contributed by atoms with Gasteiger partial charge in [-0.1, -0.05) is 0 Å². The summed E-state index contributed by atoms with van der Waals surface area (Å²) < 4.78 is 89.4. The summed E-state index contributed by atoms with van der Waals surface area (Å²) in [7, 11) is 0. The number of hydrogen-bond acceptors (Lipinski definition) is 41. The van der Waals surface area contributed by atoms with Gasteiger partial charge in [0.1, 0.15) is 195 Å². The second-order valence-electron chi connectivity index (χ2n) is 26.1. The summed E-state index contributed by atoms with van der Waals surface area (Å²) in [5.41, 5.74) is 0. The van der Waals surface area contributed by atoms with Gasteiger partial charge in [0.15, 0.2) is 50.3 Å². The third-order valence-corrected chi connectivity index (χ3v) is 18.6. The zero-order chi connectivity index (χ0) is 76.8. The molecule has 0 spiro atoms. The topological polar surface area (TPSA) is 709 Å². The van der Waals surface area contributed by atoms with Gasteiger partial charge in [0.25, 0.3) is 0 Å². The van der Waals surface area contributed by atoms with Gasteiger partial charge in [0.2, 0.25) is 29.5 Å². The van der Waals surface area contributed by atoms with Crippen molar-refractivity contribution < 1.29 is 202 Å². The van der Waals surface area contributed by atoms with Crippen LogP contribution in [-0.4, -0.2) is 435 Å². The van der Waals surface area contributed by atoms with Gasteiger partial charge in [-0.3, -0.25) is 24.0 Å². The Balaban J connectivity index is 1.18. The van der Waals surface area contributed by atoms with Gasteiger partial charge in [-0.25, -0.2) is 0 Å². The Morgan fingerprint density at radius 2 is 0.519 bits per heavy atom. The molecule has 5 amide bonds. The van der Waals surface area contributed by atoms with Crippen LogP contribution in [0.2, 0.25) is 0 Å². The van der Waals surface area contributed by atoms with Crippen LogP contribution in [0, 0.1) is 0 Å². The molecule has 8 heterocycles. The van der Waals surface area contributed by atoms with E-state index in [-0.39, 0.29) is 0 Å². The SMILES string of the molecule is CC(=O)N[C@H]1[C@H](O[C@H]2[C@H](O)[C@@H](NC(C)=O)C(O)O[C@@H]2CO)O[C@H](CO)[C@@H](O[C@@H]2O[C@H](CO[C@H]3O[C@H](CO[C@@H]4O[C@H](CO)[C@@H](O)[C@H](O)[C@H]4NC(C)=O)[C@@H](O)[C@H](O)[C@@H]3O[C@@H]3O[C@H](CO)[C@@H](O)[C@H](O)[C@H]3NC(C)=O)[C@@H](O)[C@H](O[C@H]3O[C@H](CO)[C@@H](O)[C@H](O)[C@@H]3O[C@@H]3O[C@H](CO)[C@@H](O)[C@H](O)[C@H]3NC(C)=O)[C@@H]2O)[C@@H]1O. The van der Waals surface area contributed by atoms with E-state index in [2.05, 4.69) is 26.6 Å². The highest BCUT2D eigenvalue weighted by Crippen LogP contribution is 2.39. The normalized spacial score (nSPS) is 47.2. The van der Waals surface area contributed by atoms with Crippen LogP contribution in [0.4, 0.5) is 0 Å². The third kappa shape index (κ3) is 19.4. The van der Waals surface area contributed by atoms with E-state index < -0.39 is 328 Å². The summed E-state index contributed by atoms with van der Waals surface area (Å²) in [6, 6.07) is -8.69. The van der Waals surface area contributed by atoms with Crippen molar-refractivity contribution in [3.63, 3.8) is 0 Å². The number of amides is 5. The van der Waals surface area contributed by atoms with Crippen molar-refractivity contribution in [2.75, 3.05) is 52.9 Å². The van der Waals surface area contributed by atoms with Crippen LogP contribution in [0.1, 0.15) is 34.6 Å². The molecule has 0 aromatic carbocycles. The molecule has 8 aliphatic rings. The van der Waals surface area contributed by atoms with Crippen molar-refractivity contribution in [1.29, 1.82) is 0 Å². The molecule has 8 saturated heterocycles.